The van der Waals surface area contributed by atoms with Gasteiger partial charge in [0.1, 0.15) is 0 Å². The molecular weight excluding hydrogens is 294 g/mol. The zero-order valence-electron chi connectivity index (χ0n) is 10.8. The van der Waals surface area contributed by atoms with Gasteiger partial charge in [-0.1, -0.05) is 12.8 Å². The smallest absolute Gasteiger partial charge is 0.191 e. The van der Waals surface area contributed by atoms with Crippen LogP contribution in [0.5, 0.6) is 0 Å². The Morgan fingerprint density at radius 3 is 2.61 bits per heavy atom. The van der Waals surface area contributed by atoms with E-state index in [1.54, 1.807) is 4.68 Å². The fraction of sp³-hybridized carbons (Fsp3) is 0.667. The standard InChI is InChI=1S/C12H20BrN5/c1-17-9-10(13)11(16-17)8-15-12(14)18-6-4-2-3-5-7-18/h9H,2-8H2,1H3,(H2,14,15). The number of halogens is 1. The Morgan fingerprint density at radius 2 is 2.06 bits per heavy atom. The van der Waals surface area contributed by atoms with Gasteiger partial charge in [-0.05, 0) is 28.8 Å². The molecule has 0 atom stereocenters. The molecule has 6 heteroatoms. The lowest BCUT2D eigenvalue weighted by molar-refractivity contribution is 0.428. The third kappa shape index (κ3) is 3.48. The molecule has 1 fully saturated rings. The summed E-state index contributed by atoms with van der Waals surface area (Å²) in [5.74, 6) is 0.648. The summed E-state index contributed by atoms with van der Waals surface area (Å²) < 4.78 is 2.76. The molecule has 2 rings (SSSR count). The third-order valence-corrected chi connectivity index (χ3v) is 3.84. The van der Waals surface area contributed by atoms with E-state index in [1.807, 2.05) is 13.2 Å². The number of likely N-dealkylation sites (tertiary alicyclic amines) is 1. The largest absolute Gasteiger partial charge is 0.370 e. The summed E-state index contributed by atoms with van der Waals surface area (Å²) in [6, 6.07) is 0. The maximum Gasteiger partial charge on any atom is 0.191 e. The number of aliphatic imine (C=N–C) groups is 1. The summed E-state index contributed by atoms with van der Waals surface area (Å²) >= 11 is 3.47. The molecule has 2 heterocycles. The summed E-state index contributed by atoms with van der Waals surface area (Å²) in [6.07, 6.45) is 6.95. The first-order valence-corrected chi connectivity index (χ1v) is 7.19. The summed E-state index contributed by atoms with van der Waals surface area (Å²) in [5, 5.41) is 4.33. The molecule has 18 heavy (non-hydrogen) atoms. The van der Waals surface area contributed by atoms with Gasteiger partial charge in [-0.2, -0.15) is 5.10 Å². The Bertz CT molecular complexity index is 418. The van der Waals surface area contributed by atoms with Crippen molar-refractivity contribution in [2.24, 2.45) is 17.8 Å². The van der Waals surface area contributed by atoms with Crippen molar-refractivity contribution in [1.29, 1.82) is 0 Å². The number of hydrogen-bond acceptors (Lipinski definition) is 2. The summed E-state index contributed by atoms with van der Waals surface area (Å²) in [6.45, 7) is 2.58. The van der Waals surface area contributed by atoms with Crippen LogP contribution in [0.2, 0.25) is 0 Å². The van der Waals surface area contributed by atoms with Crippen LogP contribution in [-0.4, -0.2) is 33.7 Å². The zero-order chi connectivity index (χ0) is 13.0. The molecule has 1 aliphatic rings. The van der Waals surface area contributed by atoms with Gasteiger partial charge in [-0.25, -0.2) is 4.99 Å². The van der Waals surface area contributed by atoms with Crippen LogP contribution in [0, 0.1) is 0 Å². The number of guanidine groups is 1. The SMILES string of the molecule is Cn1cc(Br)c(CN=C(N)N2CCCCCC2)n1. The maximum absolute atomic E-state index is 6.05. The zero-order valence-corrected chi connectivity index (χ0v) is 12.4. The molecular formula is C12H20BrN5. The average Bonchev–Trinajstić information content (AvgIpc) is 2.59. The van der Waals surface area contributed by atoms with E-state index in [2.05, 4.69) is 30.9 Å². The second-order valence-electron chi connectivity index (χ2n) is 4.67. The molecule has 5 nitrogen and oxygen atoms in total. The van der Waals surface area contributed by atoms with Crippen molar-refractivity contribution in [3.63, 3.8) is 0 Å². The van der Waals surface area contributed by atoms with E-state index in [0.29, 0.717) is 12.5 Å². The van der Waals surface area contributed by atoms with Gasteiger partial charge < -0.3 is 10.6 Å². The van der Waals surface area contributed by atoms with E-state index >= 15 is 0 Å². The second-order valence-corrected chi connectivity index (χ2v) is 5.53. The van der Waals surface area contributed by atoms with Gasteiger partial charge in [0.05, 0.1) is 16.7 Å². The minimum atomic E-state index is 0.532. The van der Waals surface area contributed by atoms with Crippen LogP contribution in [0.1, 0.15) is 31.4 Å². The topological polar surface area (TPSA) is 59.4 Å². The van der Waals surface area contributed by atoms with Gasteiger partial charge in [0.2, 0.25) is 0 Å². The molecule has 0 spiro atoms. The Kier molecular flexibility index (Phi) is 4.63. The molecule has 0 saturated carbocycles. The molecule has 1 aromatic rings. The van der Waals surface area contributed by atoms with Crippen LogP contribution in [0.15, 0.2) is 15.7 Å². The first-order valence-electron chi connectivity index (χ1n) is 6.39. The van der Waals surface area contributed by atoms with Gasteiger partial charge in [0.25, 0.3) is 0 Å². The van der Waals surface area contributed by atoms with Crippen molar-refractivity contribution >= 4 is 21.9 Å². The van der Waals surface area contributed by atoms with Crippen molar-refractivity contribution in [2.45, 2.75) is 32.2 Å². The van der Waals surface area contributed by atoms with Crippen LogP contribution >= 0.6 is 15.9 Å². The van der Waals surface area contributed by atoms with E-state index in [4.69, 9.17) is 5.73 Å². The third-order valence-electron chi connectivity index (χ3n) is 3.18. The number of rotatable bonds is 2. The highest BCUT2D eigenvalue weighted by Gasteiger charge is 2.11. The van der Waals surface area contributed by atoms with E-state index in [0.717, 1.165) is 23.3 Å². The molecule has 1 aliphatic heterocycles. The van der Waals surface area contributed by atoms with Gasteiger partial charge in [0, 0.05) is 26.3 Å². The number of nitrogens with two attached hydrogens (primary N) is 1. The second kappa shape index (κ2) is 6.22. The minimum absolute atomic E-state index is 0.532. The van der Waals surface area contributed by atoms with Crippen LogP contribution in [-0.2, 0) is 13.6 Å². The molecule has 100 valence electrons. The van der Waals surface area contributed by atoms with E-state index in [1.165, 1.54) is 25.7 Å². The quantitative estimate of drug-likeness (QED) is 0.670. The first kappa shape index (κ1) is 13.4. The number of aryl methyl sites for hydroxylation is 1. The molecule has 0 aliphatic carbocycles. The molecule has 0 aromatic carbocycles. The lowest BCUT2D eigenvalue weighted by atomic mass is 10.2. The summed E-state index contributed by atoms with van der Waals surface area (Å²) in [4.78, 5) is 6.63. The predicted molar refractivity (Wildman–Crippen MR) is 76.3 cm³/mol. The Balaban J connectivity index is 1.97. The molecule has 0 radical (unpaired) electrons. The molecule has 1 saturated heterocycles. The number of hydrogen-bond donors (Lipinski definition) is 1. The highest BCUT2D eigenvalue weighted by molar-refractivity contribution is 9.10. The van der Waals surface area contributed by atoms with Crippen molar-refractivity contribution in [2.75, 3.05) is 13.1 Å². The van der Waals surface area contributed by atoms with Crippen LogP contribution in [0.3, 0.4) is 0 Å². The highest BCUT2D eigenvalue weighted by atomic mass is 79.9. The number of nitrogens with zero attached hydrogens (tertiary/aromatic N) is 4. The first-order chi connectivity index (χ1) is 8.66. The fourth-order valence-corrected chi connectivity index (χ4v) is 2.67. The molecule has 0 bridgehead atoms. The average molecular weight is 314 g/mol. The van der Waals surface area contributed by atoms with Crippen molar-refractivity contribution < 1.29 is 0 Å². The van der Waals surface area contributed by atoms with Crippen molar-refractivity contribution in [3.05, 3.63) is 16.4 Å². The van der Waals surface area contributed by atoms with E-state index in [-0.39, 0.29) is 0 Å². The normalized spacial score (nSPS) is 17.9. The van der Waals surface area contributed by atoms with Gasteiger partial charge in [-0.15, -0.1) is 0 Å². The van der Waals surface area contributed by atoms with Gasteiger partial charge >= 0.3 is 0 Å². The van der Waals surface area contributed by atoms with Gasteiger partial charge in [-0.3, -0.25) is 4.68 Å². The summed E-state index contributed by atoms with van der Waals surface area (Å²) in [5.41, 5.74) is 6.97. The predicted octanol–water partition coefficient (Wildman–Crippen LogP) is 1.87. The fourth-order valence-electron chi connectivity index (χ4n) is 2.17. The summed E-state index contributed by atoms with van der Waals surface area (Å²) in [7, 11) is 1.90. The van der Waals surface area contributed by atoms with Crippen molar-refractivity contribution in [3.8, 4) is 0 Å². The van der Waals surface area contributed by atoms with E-state index in [9.17, 15) is 0 Å². The molecule has 1 aromatic heterocycles. The van der Waals surface area contributed by atoms with Crippen molar-refractivity contribution in [1.82, 2.24) is 14.7 Å². The lowest BCUT2D eigenvalue weighted by Crippen LogP contribution is -2.38. The number of aromatic nitrogens is 2. The molecule has 2 N–H and O–H groups in total. The minimum Gasteiger partial charge on any atom is -0.370 e. The van der Waals surface area contributed by atoms with E-state index < -0.39 is 0 Å². The Morgan fingerprint density at radius 1 is 1.39 bits per heavy atom. The van der Waals surface area contributed by atoms with Crippen LogP contribution in [0.4, 0.5) is 0 Å². The maximum atomic E-state index is 6.05. The molecule has 0 unspecified atom stereocenters. The molecule has 0 amide bonds. The van der Waals surface area contributed by atoms with Gasteiger partial charge in [0.15, 0.2) is 5.96 Å². The lowest BCUT2D eigenvalue weighted by Gasteiger charge is -2.20. The van der Waals surface area contributed by atoms with Crippen LogP contribution in [0.25, 0.3) is 0 Å². The Labute approximate surface area is 116 Å². The van der Waals surface area contributed by atoms with Crippen LogP contribution < -0.4 is 5.73 Å². The highest BCUT2D eigenvalue weighted by Crippen LogP contribution is 2.15. The monoisotopic (exact) mass is 313 g/mol. The Hall–Kier alpha value is -1.04.